The zero-order valence-electron chi connectivity index (χ0n) is 18.6. The van der Waals surface area contributed by atoms with Crippen molar-refractivity contribution < 1.29 is 46.5 Å². The van der Waals surface area contributed by atoms with Crippen LogP contribution >= 0.6 is 0 Å². The molecule has 3 rings (SSSR count). The van der Waals surface area contributed by atoms with E-state index in [4.69, 9.17) is 0 Å². The van der Waals surface area contributed by atoms with Gasteiger partial charge in [-0.1, -0.05) is 87.0 Å². The molecule has 1 nitrogen and oxygen atoms in total. The van der Waals surface area contributed by atoms with Gasteiger partial charge in [0.2, 0.25) is 0 Å². The molecule has 0 amide bonds. The van der Waals surface area contributed by atoms with Crippen LogP contribution in [0.3, 0.4) is 0 Å². The van der Waals surface area contributed by atoms with Crippen LogP contribution in [-0.4, -0.2) is 4.98 Å². The van der Waals surface area contributed by atoms with E-state index in [2.05, 4.69) is 86.6 Å². The van der Waals surface area contributed by atoms with Crippen LogP contribution in [0.4, 0.5) is 0 Å². The molecule has 1 N–H and O–H groups in total. The van der Waals surface area contributed by atoms with Crippen molar-refractivity contribution in [3.05, 3.63) is 51.3 Å². The second-order valence-corrected chi connectivity index (χ2v) is 9.57. The molecule has 1 atom stereocenters. The van der Waals surface area contributed by atoms with Gasteiger partial charge in [-0.25, -0.2) is 0 Å². The third kappa shape index (κ3) is 5.95. The van der Waals surface area contributed by atoms with Crippen LogP contribution in [0.5, 0.6) is 0 Å². The molecule has 4 heteroatoms. The van der Waals surface area contributed by atoms with Crippen molar-refractivity contribution in [2.45, 2.75) is 92.4 Å². The van der Waals surface area contributed by atoms with E-state index in [0.717, 1.165) is 5.92 Å². The normalized spacial score (nSPS) is 15.1. The van der Waals surface area contributed by atoms with Crippen LogP contribution in [0, 0.1) is 27.0 Å². The number of fused-ring (bicyclic) bond motifs is 1. The van der Waals surface area contributed by atoms with Crippen molar-refractivity contribution in [2.75, 3.05) is 0 Å². The molecule has 0 saturated heterocycles. The monoisotopic (exact) mass is 443 g/mol. The van der Waals surface area contributed by atoms with Crippen molar-refractivity contribution in [1.82, 2.24) is 4.98 Å². The van der Waals surface area contributed by atoms with Crippen molar-refractivity contribution in [3.63, 3.8) is 0 Å². The van der Waals surface area contributed by atoms with Crippen LogP contribution in [-0.2, 0) is 39.0 Å². The zero-order valence-corrected chi connectivity index (χ0v) is 21.7. The first kappa shape index (κ1) is 29.1. The number of H-pyrrole nitrogens is 1. The van der Waals surface area contributed by atoms with Crippen LogP contribution < -0.4 is 24.8 Å². The average molecular weight is 444 g/mol. The van der Waals surface area contributed by atoms with Gasteiger partial charge in [-0.15, -0.1) is 23.5 Å². The average Bonchev–Trinajstić information content (AvgIpc) is 2.97. The summed E-state index contributed by atoms with van der Waals surface area (Å²) in [6.45, 7) is 22.5. The first-order valence-corrected chi connectivity index (χ1v) is 9.21. The Morgan fingerprint density at radius 1 is 0.963 bits per heavy atom. The van der Waals surface area contributed by atoms with E-state index in [1.165, 1.54) is 23.1 Å². The Morgan fingerprint density at radius 2 is 1.48 bits per heavy atom. The van der Waals surface area contributed by atoms with Crippen LogP contribution in [0.15, 0.2) is 6.20 Å². The van der Waals surface area contributed by atoms with Crippen LogP contribution in [0.1, 0.15) is 93.3 Å². The number of hydrogen-bond acceptors (Lipinski definition) is 0. The predicted octanol–water partition coefficient (Wildman–Crippen LogP) is 0.406. The fraction of sp³-hybridized carbons (Fsp3) is 0.609. The molecule has 1 unspecified atom stereocenters. The van der Waals surface area contributed by atoms with E-state index >= 15 is 0 Å². The van der Waals surface area contributed by atoms with Crippen molar-refractivity contribution in [3.8, 4) is 0 Å². The Hall–Kier alpha value is -0.0757. The SMILES string of the molecule is CC(C)(C)c1[c-][nH]cc1C(C)(C)C.Cc1c(C)c2[c-](c1C)C(C)C2.[Cl-].[Cl-].[Ti+4]. The maximum Gasteiger partial charge on any atom is 4.00 e. The molecule has 1 aromatic carbocycles. The van der Waals surface area contributed by atoms with Crippen LogP contribution in [0.2, 0.25) is 0 Å². The standard InChI is InChI=1S/C12H20N.C11H15.2ClH.Ti/c1-11(2,3)9-7-13-8-10(9)12(4,5)6;1-6-5-10-8(3)7(2)9(4)11(6)10;;;/h7,13H,1-6H3;6H,5H2,1-4H3;2*1H;/q2*-1;;;+4/p-2. The van der Waals surface area contributed by atoms with E-state index in [-0.39, 0.29) is 57.4 Å². The minimum absolute atomic E-state index is 0. The summed E-state index contributed by atoms with van der Waals surface area (Å²) >= 11 is 0. The third-order valence-corrected chi connectivity index (χ3v) is 5.55. The summed E-state index contributed by atoms with van der Waals surface area (Å²) in [6.07, 6.45) is 6.61. The number of hydrogen-bond donors (Lipinski definition) is 1. The zero-order chi connectivity index (χ0) is 18.4. The molecular weight excluding hydrogens is 409 g/mol. The molecule has 150 valence electrons. The molecule has 1 aliphatic rings. The van der Waals surface area contributed by atoms with Gasteiger partial charge in [0.15, 0.2) is 0 Å². The second kappa shape index (κ2) is 10.1. The molecular formula is C23H35Cl2NTi. The maximum atomic E-state index is 3.23. The van der Waals surface area contributed by atoms with Gasteiger partial charge in [-0.2, -0.15) is 27.8 Å². The Kier molecular flexibility index (Phi) is 10.9. The molecule has 0 saturated carbocycles. The topological polar surface area (TPSA) is 15.8 Å². The van der Waals surface area contributed by atoms with E-state index < -0.39 is 0 Å². The number of nitrogens with one attached hydrogen (secondary N) is 1. The number of aromatic amines is 1. The summed E-state index contributed by atoms with van der Waals surface area (Å²) in [5, 5.41) is 0. The molecule has 0 spiro atoms. The second-order valence-electron chi connectivity index (χ2n) is 9.57. The largest absolute Gasteiger partial charge is 4.00 e. The van der Waals surface area contributed by atoms with Gasteiger partial charge >= 0.3 is 21.7 Å². The van der Waals surface area contributed by atoms with E-state index in [1.54, 1.807) is 22.3 Å². The minimum Gasteiger partial charge on any atom is -1.00 e. The van der Waals surface area contributed by atoms with Gasteiger partial charge < -0.3 is 29.8 Å². The Labute approximate surface area is 194 Å². The molecule has 2 aromatic rings. The smallest absolute Gasteiger partial charge is 1.00 e. The number of rotatable bonds is 0. The first-order valence-electron chi connectivity index (χ1n) is 9.21. The van der Waals surface area contributed by atoms with E-state index in [0.29, 0.717) is 0 Å². The molecule has 0 aliphatic heterocycles. The summed E-state index contributed by atoms with van der Waals surface area (Å²) in [4.78, 5) is 3.09. The molecule has 27 heavy (non-hydrogen) atoms. The Balaban J connectivity index is 0. The van der Waals surface area contributed by atoms with Crippen molar-refractivity contribution in [2.24, 2.45) is 0 Å². The van der Waals surface area contributed by atoms with Gasteiger partial charge in [-0.05, 0) is 5.41 Å². The van der Waals surface area contributed by atoms with Gasteiger partial charge in [0, 0.05) is 0 Å². The summed E-state index contributed by atoms with van der Waals surface area (Å²) in [7, 11) is 0. The van der Waals surface area contributed by atoms with Gasteiger partial charge in [0.1, 0.15) is 0 Å². The van der Waals surface area contributed by atoms with Crippen molar-refractivity contribution in [1.29, 1.82) is 0 Å². The summed E-state index contributed by atoms with van der Waals surface area (Å²) < 4.78 is 0. The first-order chi connectivity index (χ1) is 10.9. The van der Waals surface area contributed by atoms with Crippen LogP contribution in [0.25, 0.3) is 0 Å². The summed E-state index contributed by atoms with van der Waals surface area (Å²) in [5.74, 6) is 0.831. The fourth-order valence-corrected chi connectivity index (χ4v) is 3.85. The van der Waals surface area contributed by atoms with Gasteiger partial charge in [0.05, 0.1) is 0 Å². The van der Waals surface area contributed by atoms with Gasteiger partial charge in [0.25, 0.3) is 0 Å². The third-order valence-electron chi connectivity index (χ3n) is 5.55. The number of aromatic nitrogens is 1. The number of halogens is 2. The summed E-state index contributed by atoms with van der Waals surface area (Å²) in [6, 6.07) is 0. The molecule has 0 radical (unpaired) electrons. The van der Waals surface area contributed by atoms with E-state index in [1.807, 2.05) is 0 Å². The minimum atomic E-state index is 0. The molecule has 0 fully saturated rings. The van der Waals surface area contributed by atoms with Crippen molar-refractivity contribution >= 4 is 0 Å². The molecule has 1 heterocycles. The maximum absolute atomic E-state index is 3.23. The molecule has 1 aromatic heterocycles. The fourth-order valence-electron chi connectivity index (χ4n) is 3.85. The molecule has 1 aliphatic carbocycles. The Bertz CT molecular complexity index is 679. The predicted molar refractivity (Wildman–Crippen MR) is 105 cm³/mol. The van der Waals surface area contributed by atoms with E-state index in [9.17, 15) is 0 Å². The van der Waals surface area contributed by atoms with Gasteiger partial charge in [-0.3, -0.25) is 0 Å². The molecule has 0 bridgehead atoms. The quantitative estimate of drug-likeness (QED) is 0.448. The Morgan fingerprint density at radius 3 is 1.78 bits per heavy atom. The summed E-state index contributed by atoms with van der Waals surface area (Å²) in [5.41, 5.74) is 11.0.